The number of nitrogens with one attached hydrogen (secondary N) is 1. The van der Waals surface area contributed by atoms with Crippen LogP contribution in [0.25, 0.3) is 0 Å². The third-order valence-electron chi connectivity index (χ3n) is 1.64. The van der Waals surface area contributed by atoms with Gasteiger partial charge in [-0.3, -0.25) is 10.3 Å². The Labute approximate surface area is 60.1 Å². The maximum Gasteiger partial charge on any atom is 0.105 e. The number of β-amino-alcohol motifs (C(OH)–C–C–N with tert-alkyl or cyclic N) is 1. The number of hydrogen-bond acceptors (Lipinski definition) is 3. The minimum absolute atomic E-state index is 0.175. The molecule has 4 nitrogen and oxygen atoms in total. The number of hydrogen-bond donors (Lipinski definition) is 3. The van der Waals surface area contributed by atoms with Crippen LogP contribution in [0.3, 0.4) is 0 Å². The van der Waals surface area contributed by atoms with Crippen LogP contribution in [0, 0.1) is 5.41 Å². The van der Waals surface area contributed by atoms with E-state index < -0.39 is 0 Å². The Morgan fingerprint density at radius 3 is 2.90 bits per heavy atom. The van der Waals surface area contributed by atoms with Gasteiger partial charge in [0.25, 0.3) is 0 Å². The Kier molecular flexibility index (Phi) is 2.24. The summed E-state index contributed by atoms with van der Waals surface area (Å²) in [6, 6.07) is 0. The van der Waals surface area contributed by atoms with E-state index in [0.717, 1.165) is 13.0 Å². The summed E-state index contributed by atoms with van der Waals surface area (Å²) in [6.07, 6.45) is 0.604. The zero-order chi connectivity index (χ0) is 7.56. The molecule has 10 heavy (non-hydrogen) atoms. The third-order valence-corrected chi connectivity index (χ3v) is 1.64. The van der Waals surface area contributed by atoms with Crippen molar-refractivity contribution in [3.05, 3.63) is 0 Å². The van der Waals surface area contributed by atoms with Crippen LogP contribution >= 0.6 is 0 Å². The summed E-state index contributed by atoms with van der Waals surface area (Å²) in [4.78, 5) is 1.98. The molecule has 1 aliphatic heterocycles. The van der Waals surface area contributed by atoms with Crippen molar-refractivity contribution in [3.63, 3.8) is 0 Å². The maximum absolute atomic E-state index is 9.06. The van der Waals surface area contributed by atoms with E-state index in [1.54, 1.807) is 0 Å². The van der Waals surface area contributed by atoms with E-state index >= 15 is 0 Å². The van der Waals surface area contributed by atoms with Crippen LogP contribution in [0.1, 0.15) is 6.42 Å². The molecule has 0 amide bonds. The lowest BCUT2D eigenvalue weighted by Gasteiger charge is -2.12. The molecule has 0 aromatic carbocycles. The lowest BCUT2D eigenvalue weighted by Crippen LogP contribution is -2.32. The molecular weight excluding hydrogens is 130 g/mol. The highest BCUT2D eigenvalue weighted by molar-refractivity contribution is 5.78. The van der Waals surface area contributed by atoms with Gasteiger partial charge in [0.15, 0.2) is 0 Å². The zero-order valence-corrected chi connectivity index (χ0v) is 5.88. The highest BCUT2D eigenvalue weighted by Gasteiger charge is 2.19. The van der Waals surface area contributed by atoms with Crippen LogP contribution < -0.4 is 5.73 Å². The molecule has 4 heteroatoms. The Hall–Kier alpha value is -0.610. The quantitative estimate of drug-likeness (QED) is 0.342. The average Bonchev–Trinajstić information content (AvgIpc) is 2.13. The predicted molar refractivity (Wildman–Crippen MR) is 39.0 cm³/mol. The SMILES string of the molecule is N=C(N)CN1CC[C@H](O)C1. The van der Waals surface area contributed by atoms with Gasteiger partial charge in [-0.2, -0.15) is 0 Å². The first kappa shape index (κ1) is 7.50. The van der Waals surface area contributed by atoms with Crippen molar-refractivity contribution >= 4 is 5.84 Å². The molecule has 1 heterocycles. The second kappa shape index (κ2) is 2.98. The number of aliphatic hydroxyl groups excluding tert-OH is 1. The largest absolute Gasteiger partial charge is 0.392 e. The van der Waals surface area contributed by atoms with Crippen molar-refractivity contribution in [1.82, 2.24) is 4.90 Å². The molecule has 1 saturated heterocycles. The van der Waals surface area contributed by atoms with Crippen LogP contribution in [0.15, 0.2) is 0 Å². The molecule has 0 radical (unpaired) electrons. The summed E-state index contributed by atoms with van der Waals surface area (Å²) in [5, 5.41) is 16.0. The topological polar surface area (TPSA) is 73.3 Å². The predicted octanol–water partition coefficient (Wildman–Crippen LogP) is -1.01. The van der Waals surface area contributed by atoms with Gasteiger partial charge in [-0.15, -0.1) is 0 Å². The van der Waals surface area contributed by atoms with Gasteiger partial charge in [0.1, 0.15) is 5.84 Å². The summed E-state index contributed by atoms with van der Waals surface area (Å²) in [5.74, 6) is 0.175. The number of aliphatic hydroxyl groups is 1. The van der Waals surface area contributed by atoms with Crippen LogP contribution in [-0.4, -0.2) is 41.6 Å². The van der Waals surface area contributed by atoms with Gasteiger partial charge >= 0.3 is 0 Å². The van der Waals surface area contributed by atoms with E-state index in [0.29, 0.717) is 13.1 Å². The maximum atomic E-state index is 9.06. The lowest BCUT2D eigenvalue weighted by molar-refractivity contribution is 0.180. The van der Waals surface area contributed by atoms with Crippen molar-refractivity contribution in [1.29, 1.82) is 5.41 Å². The Bertz CT molecular complexity index is 137. The number of nitrogens with zero attached hydrogens (tertiary/aromatic N) is 1. The average molecular weight is 143 g/mol. The number of nitrogens with two attached hydrogens (primary N) is 1. The molecule has 0 aliphatic carbocycles. The summed E-state index contributed by atoms with van der Waals surface area (Å²) >= 11 is 0. The Morgan fingerprint density at radius 2 is 2.50 bits per heavy atom. The third kappa shape index (κ3) is 1.97. The standard InChI is InChI=1S/C6H13N3O/c7-6(8)4-9-2-1-5(10)3-9/h5,10H,1-4H2,(H3,7,8)/t5-/m0/s1. The first-order valence-electron chi connectivity index (χ1n) is 3.42. The molecule has 1 rings (SSSR count). The number of rotatable bonds is 2. The fourth-order valence-electron chi connectivity index (χ4n) is 1.20. The first-order valence-corrected chi connectivity index (χ1v) is 3.42. The normalized spacial score (nSPS) is 27.1. The van der Waals surface area contributed by atoms with E-state index in [4.69, 9.17) is 16.2 Å². The monoisotopic (exact) mass is 143 g/mol. The van der Waals surface area contributed by atoms with E-state index in [9.17, 15) is 0 Å². The van der Waals surface area contributed by atoms with Crippen molar-refractivity contribution in [2.75, 3.05) is 19.6 Å². The molecule has 0 aromatic heterocycles. The van der Waals surface area contributed by atoms with Gasteiger partial charge in [-0.25, -0.2) is 0 Å². The van der Waals surface area contributed by atoms with Crippen molar-refractivity contribution in [2.45, 2.75) is 12.5 Å². The molecule has 0 spiro atoms. The second-order valence-electron chi connectivity index (χ2n) is 2.70. The van der Waals surface area contributed by atoms with Gasteiger partial charge < -0.3 is 10.8 Å². The first-order chi connectivity index (χ1) is 4.68. The van der Waals surface area contributed by atoms with Crippen LogP contribution in [-0.2, 0) is 0 Å². The van der Waals surface area contributed by atoms with Gasteiger partial charge in [-0.05, 0) is 6.42 Å². The van der Waals surface area contributed by atoms with Gasteiger partial charge in [-0.1, -0.05) is 0 Å². The van der Waals surface area contributed by atoms with E-state index in [-0.39, 0.29) is 11.9 Å². The highest BCUT2D eigenvalue weighted by Crippen LogP contribution is 2.06. The smallest absolute Gasteiger partial charge is 0.105 e. The molecule has 4 N–H and O–H groups in total. The van der Waals surface area contributed by atoms with Crippen molar-refractivity contribution in [3.8, 4) is 0 Å². The molecule has 1 atom stereocenters. The van der Waals surface area contributed by atoms with Crippen molar-refractivity contribution < 1.29 is 5.11 Å². The molecular formula is C6H13N3O. The van der Waals surface area contributed by atoms with Gasteiger partial charge in [0.2, 0.25) is 0 Å². The molecule has 0 bridgehead atoms. The molecule has 0 saturated carbocycles. The van der Waals surface area contributed by atoms with E-state index in [1.807, 2.05) is 4.90 Å². The van der Waals surface area contributed by atoms with Crippen LogP contribution in [0.4, 0.5) is 0 Å². The lowest BCUT2D eigenvalue weighted by atomic mass is 10.3. The fraction of sp³-hybridized carbons (Fsp3) is 0.833. The Balaban J connectivity index is 2.24. The summed E-state index contributed by atoms with van der Waals surface area (Å²) < 4.78 is 0. The van der Waals surface area contributed by atoms with Crippen molar-refractivity contribution in [2.24, 2.45) is 5.73 Å². The molecule has 58 valence electrons. The fourth-order valence-corrected chi connectivity index (χ4v) is 1.20. The Morgan fingerprint density at radius 1 is 1.80 bits per heavy atom. The second-order valence-corrected chi connectivity index (χ2v) is 2.70. The molecule has 1 fully saturated rings. The molecule has 0 aromatic rings. The van der Waals surface area contributed by atoms with Gasteiger partial charge in [0.05, 0.1) is 12.6 Å². The minimum Gasteiger partial charge on any atom is -0.392 e. The highest BCUT2D eigenvalue weighted by atomic mass is 16.3. The van der Waals surface area contributed by atoms with Gasteiger partial charge in [0, 0.05) is 13.1 Å². The van der Waals surface area contributed by atoms with Crippen LogP contribution in [0.5, 0.6) is 0 Å². The zero-order valence-electron chi connectivity index (χ0n) is 5.88. The number of amidine groups is 1. The van der Waals surface area contributed by atoms with E-state index in [2.05, 4.69) is 0 Å². The molecule has 0 unspecified atom stereocenters. The summed E-state index contributed by atoms with van der Waals surface area (Å²) in [5.41, 5.74) is 5.18. The summed E-state index contributed by atoms with van der Waals surface area (Å²) in [7, 11) is 0. The minimum atomic E-state index is -0.209. The van der Waals surface area contributed by atoms with Crippen LogP contribution in [0.2, 0.25) is 0 Å². The molecule has 1 aliphatic rings. The van der Waals surface area contributed by atoms with E-state index in [1.165, 1.54) is 0 Å². The summed E-state index contributed by atoms with van der Waals surface area (Å²) in [6.45, 7) is 2.03. The number of likely N-dealkylation sites (tertiary alicyclic amines) is 1.